The number of nitrogens with zero attached hydrogens (tertiary/aromatic N) is 1. The minimum absolute atomic E-state index is 0.558. The second-order valence-electron chi connectivity index (χ2n) is 4.83. The third kappa shape index (κ3) is 4.21. The second kappa shape index (κ2) is 7.70. The number of hydrogen-bond donors (Lipinski definition) is 1. The molecule has 0 heterocycles. The molecular formula is C15H26N2S. The highest BCUT2D eigenvalue weighted by Gasteiger charge is 2.13. The van der Waals surface area contributed by atoms with E-state index < -0.39 is 0 Å². The Bertz CT molecular complexity index is 366. The maximum Gasteiger partial charge on any atom is 0.0412 e. The zero-order valence-electron chi connectivity index (χ0n) is 12.3. The molecule has 0 amide bonds. The SMILES string of the molecule is CCNCc1cc(C)ccc1N(C)C(C)CSC. The Labute approximate surface area is 116 Å². The molecule has 0 bridgehead atoms. The molecule has 0 fully saturated rings. The van der Waals surface area contributed by atoms with E-state index in [1.807, 2.05) is 11.8 Å². The predicted octanol–water partition coefficient (Wildman–Crippen LogP) is 3.29. The lowest BCUT2D eigenvalue weighted by molar-refractivity contribution is 0.711. The van der Waals surface area contributed by atoms with Gasteiger partial charge >= 0.3 is 0 Å². The summed E-state index contributed by atoms with van der Waals surface area (Å²) in [5.41, 5.74) is 4.08. The van der Waals surface area contributed by atoms with Crippen LogP contribution in [0.15, 0.2) is 18.2 Å². The van der Waals surface area contributed by atoms with Crippen LogP contribution >= 0.6 is 11.8 Å². The van der Waals surface area contributed by atoms with Gasteiger partial charge in [-0.15, -0.1) is 0 Å². The number of anilines is 1. The number of benzene rings is 1. The number of aryl methyl sites for hydroxylation is 1. The zero-order chi connectivity index (χ0) is 13.5. The maximum atomic E-state index is 3.43. The Balaban J connectivity index is 2.91. The van der Waals surface area contributed by atoms with Crippen LogP contribution in [0, 0.1) is 6.92 Å². The predicted molar refractivity (Wildman–Crippen MR) is 84.8 cm³/mol. The highest BCUT2D eigenvalue weighted by Crippen LogP contribution is 2.23. The molecule has 0 aromatic heterocycles. The Morgan fingerprint density at radius 1 is 1.39 bits per heavy atom. The topological polar surface area (TPSA) is 15.3 Å². The average molecular weight is 266 g/mol. The Kier molecular flexibility index (Phi) is 6.58. The average Bonchev–Trinajstić information content (AvgIpc) is 2.36. The lowest BCUT2D eigenvalue weighted by Gasteiger charge is -2.29. The molecule has 0 aliphatic rings. The molecule has 18 heavy (non-hydrogen) atoms. The van der Waals surface area contributed by atoms with E-state index in [9.17, 15) is 0 Å². The van der Waals surface area contributed by atoms with E-state index in [1.165, 1.54) is 16.8 Å². The van der Waals surface area contributed by atoms with Gasteiger partial charge in [-0.1, -0.05) is 24.6 Å². The van der Waals surface area contributed by atoms with E-state index >= 15 is 0 Å². The molecule has 1 aromatic carbocycles. The molecule has 0 saturated heterocycles. The van der Waals surface area contributed by atoms with Gasteiger partial charge in [-0.05, 0) is 38.3 Å². The fraction of sp³-hybridized carbons (Fsp3) is 0.600. The molecule has 0 aliphatic carbocycles. The molecule has 2 nitrogen and oxygen atoms in total. The van der Waals surface area contributed by atoms with Crippen LogP contribution in [0.2, 0.25) is 0 Å². The third-order valence-corrected chi connectivity index (χ3v) is 4.07. The van der Waals surface area contributed by atoms with Crippen molar-refractivity contribution in [1.82, 2.24) is 5.32 Å². The van der Waals surface area contributed by atoms with Crippen molar-refractivity contribution < 1.29 is 0 Å². The fourth-order valence-corrected chi connectivity index (χ4v) is 2.76. The van der Waals surface area contributed by atoms with Gasteiger partial charge in [0.1, 0.15) is 0 Å². The summed E-state index contributed by atoms with van der Waals surface area (Å²) in [5.74, 6) is 1.16. The number of rotatable bonds is 7. The van der Waals surface area contributed by atoms with Crippen LogP contribution in [0.1, 0.15) is 25.0 Å². The molecule has 1 N–H and O–H groups in total. The summed E-state index contributed by atoms with van der Waals surface area (Å²) in [5, 5.41) is 3.43. The first-order valence-electron chi connectivity index (χ1n) is 6.62. The highest BCUT2D eigenvalue weighted by molar-refractivity contribution is 7.98. The molecule has 0 spiro atoms. The van der Waals surface area contributed by atoms with Crippen LogP contribution in [-0.4, -0.2) is 31.6 Å². The summed E-state index contributed by atoms with van der Waals surface area (Å²) in [7, 11) is 2.20. The van der Waals surface area contributed by atoms with Gasteiger partial charge in [0, 0.05) is 31.1 Å². The summed E-state index contributed by atoms with van der Waals surface area (Å²) >= 11 is 1.90. The molecule has 1 rings (SSSR count). The molecule has 1 aromatic rings. The van der Waals surface area contributed by atoms with E-state index in [4.69, 9.17) is 0 Å². The van der Waals surface area contributed by atoms with Gasteiger partial charge in [0.15, 0.2) is 0 Å². The first kappa shape index (κ1) is 15.4. The molecule has 1 unspecified atom stereocenters. The monoisotopic (exact) mass is 266 g/mol. The van der Waals surface area contributed by atoms with Crippen molar-refractivity contribution >= 4 is 17.4 Å². The largest absolute Gasteiger partial charge is 0.371 e. The molecule has 3 heteroatoms. The smallest absolute Gasteiger partial charge is 0.0412 e. The van der Waals surface area contributed by atoms with Gasteiger partial charge in [0.2, 0.25) is 0 Å². The van der Waals surface area contributed by atoms with Crippen LogP contribution < -0.4 is 10.2 Å². The summed E-state index contributed by atoms with van der Waals surface area (Å²) in [6, 6.07) is 7.30. The van der Waals surface area contributed by atoms with Crippen molar-refractivity contribution in [2.24, 2.45) is 0 Å². The lowest BCUT2D eigenvalue weighted by atomic mass is 10.1. The van der Waals surface area contributed by atoms with Crippen molar-refractivity contribution in [2.75, 3.05) is 30.5 Å². The highest BCUT2D eigenvalue weighted by atomic mass is 32.2. The summed E-state index contributed by atoms with van der Waals surface area (Å²) in [6.07, 6.45) is 2.17. The molecule has 102 valence electrons. The Morgan fingerprint density at radius 2 is 2.11 bits per heavy atom. The van der Waals surface area contributed by atoms with Crippen LogP contribution in [0.25, 0.3) is 0 Å². The van der Waals surface area contributed by atoms with Gasteiger partial charge < -0.3 is 10.2 Å². The van der Waals surface area contributed by atoms with E-state index in [2.05, 4.69) is 62.5 Å². The lowest BCUT2D eigenvalue weighted by Crippen LogP contribution is -2.32. The number of nitrogens with one attached hydrogen (secondary N) is 1. The Morgan fingerprint density at radius 3 is 2.72 bits per heavy atom. The number of thioether (sulfide) groups is 1. The minimum atomic E-state index is 0.558. The zero-order valence-corrected chi connectivity index (χ0v) is 13.1. The third-order valence-electron chi connectivity index (χ3n) is 3.25. The Hall–Kier alpha value is -0.670. The normalized spacial score (nSPS) is 12.5. The maximum absolute atomic E-state index is 3.43. The van der Waals surface area contributed by atoms with Gasteiger partial charge in [-0.3, -0.25) is 0 Å². The number of hydrogen-bond acceptors (Lipinski definition) is 3. The fourth-order valence-electron chi connectivity index (χ4n) is 2.05. The molecule has 0 aliphatic heterocycles. The summed E-state index contributed by atoms with van der Waals surface area (Å²) in [4.78, 5) is 2.39. The van der Waals surface area contributed by atoms with Crippen molar-refractivity contribution in [3.8, 4) is 0 Å². The first-order valence-corrected chi connectivity index (χ1v) is 8.01. The minimum Gasteiger partial charge on any atom is -0.371 e. The van der Waals surface area contributed by atoms with Gasteiger partial charge in [-0.25, -0.2) is 0 Å². The quantitative estimate of drug-likeness (QED) is 0.815. The molecule has 1 atom stereocenters. The van der Waals surface area contributed by atoms with Crippen LogP contribution in [-0.2, 0) is 6.54 Å². The van der Waals surface area contributed by atoms with Crippen molar-refractivity contribution in [1.29, 1.82) is 0 Å². The van der Waals surface area contributed by atoms with E-state index in [0.29, 0.717) is 6.04 Å². The van der Waals surface area contributed by atoms with E-state index in [-0.39, 0.29) is 0 Å². The van der Waals surface area contributed by atoms with Crippen LogP contribution in [0.4, 0.5) is 5.69 Å². The van der Waals surface area contributed by atoms with Gasteiger partial charge in [0.05, 0.1) is 0 Å². The standard InChI is InChI=1S/C15H26N2S/c1-6-16-10-14-9-12(2)7-8-15(14)17(4)13(3)11-18-5/h7-9,13,16H,6,10-11H2,1-5H3. The molecule has 0 saturated carbocycles. The van der Waals surface area contributed by atoms with Crippen LogP contribution in [0.3, 0.4) is 0 Å². The van der Waals surface area contributed by atoms with E-state index in [1.54, 1.807) is 0 Å². The van der Waals surface area contributed by atoms with Crippen molar-refractivity contribution in [3.63, 3.8) is 0 Å². The van der Waals surface area contributed by atoms with Gasteiger partial charge in [-0.2, -0.15) is 11.8 Å². The van der Waals surface area contributed by atoms with Crippen LogP contribution in [0.5, 0.6) is 0 Å². The van der Waals surface area contributed by atoms with Crippen molar-refractivity contribution in [2.45, 2.75) is 33.4 Å². The van der Waals surface area contributed by atoms with Crippen molar-refractivity contribution in [3.05, 3.63) is 29.3 Å². The molecule has 0 radical (unpaired) electrons. The molecular weight excluding hydrogens is 240 g/mol. The first-order chi connectivity index (χ1) is 8.60. The van der Waals surface area contributed by atoms with Gasteiger partial charge in [0.25, 0.3) is 0 Å². The summed E-state index contributed by atoms with van der Waals surface area (Å²) < 4.78 is 0. The van der Waals surface area contributed by atoms with E-state index in [0.717, 1.165) is 18.8 Å². The second-order valence-corrected chi connectivity index (χ2v) is 5.74. The summed E-state index contributed by atoms with van der Waals surface area (Å²) in [6.45, 7) is 8.55.